The van der Waals surface area contributed by atoms with Crippen LogP contribution in [0.2, 0.25) is 0 Å². The van der Waals surface area contributed by atoms with Gasteiger partial charge >= 0.3 is 0 Å². The first-order valence-corrected chi connectivity index (χ1v) is 9.70. The van der Waals surface area contributed by atoms with E-state index in [1.54, 1.807) is 6.92 Å². The summed E-state index contributed by atoms with van der Waals surface area (Å²) in [6.07, 6.45) is 1.53. The van der Waals surface area contributed by atoms with Gasteiger partial charge in [0.25, 0.3) is 0 Å². The Kier molecular flexibility index (Phi) is 7.20. The Bertz CT molecular complexity index is 508. The maximum absolute atomic E-state index is 11.6. The summed E-state index contributed by atoms with van der Waals surface area (Å²) < 4.78 is 24.2. The molecular weight excluding hydrogens is 338 g/mol. The van der Waals surface area contributed by atoms with Crippen molar-refractivity contribution in [1.29, 1.82) is 0 Å². The van der Waals surface area contributed by atoms with E-state index in [1.807, 2.05) is 0 Å². The zero-order chi connectivity index (χ0) is 15.2. The van der Waals surface area contributed by atoms with E-state index in [0.29, 0.717) is 6.42 Å². The molecule has 1 rings (SSSR count). The first kappa shape index (κ1) is 17.7. The van der Waals surface area contributed by atoms with Gasteiger partial charge in [-0.05, 0) is 49.6 Å². The molecular formula is C15H24BrNO2S. The lowest BCUT2D eigenvalue weighted by atomic mass is 10.0. The number of benzene rings is 1. The summed E-state index contributed by atoms with van der Waals surface area (Å²) in [4.78, 5) is 0. The van der Waals surface area contributed by atoms with Gasteiger partial charge in [0, 0.05) is 16.3 Å². The Balaban J connectivity index is 2.73. The Labute approximate surface area is 131 Å². The molecule has 1 unspecified atom stereocenters. The van der Waals surface area contributed by atoms with Crippen molar-refractivity contribution in [3.63, 3.8) is 0 Å². The molecule has 1 atom stereocenters. The van der Waals surface area contributed by atoms with Crippen molar-refractivity contribution in [1.82, 2.24) is 5.32 Å². The summed E-state index contributed by atoms with van der Waals surface area (Å²) in [5.74, 6) is 0.507. The fourth-order valence-electron chi connectivity index (χ4n) is 2.25. The number of hydrogen-bond donors (Lipinski definition) is 1. The highest BCUT2D eigenvalue weighted by Crippen LogP contribution is 2.24. The highest BCUT2D eigenvalue weighted by atomic mass is 79.9. The SMILES string of the molecule is CCNC(CCCS(=O)(=O)CC)c1cc(C)cc(Br)c1. The molecule has 0 amide bonds. The molecule has 114 valence electrons. The third-order valence-electron chi connectivity index (χ3n) is 3.31. The minimum atomic E-state index is -2.87. The Hall–Kier alpha value is -0.390. The van der Waals surface area contributed by atoms with Gasteiger partial charge in [-0.3, -0.25) is 0 Å². The van der Waals surface area contributed by atoms with Gasteiger partial charge in [-0.1, -0.05) is 35.8 Å². The van der Waals surface area contributed by atoms with Crippen molar-refractivity contribution >= 4 is 25.8 Å². The van der Waals surface area contributed by atoms with Crippen LogP contribution in [-0.2, 0) is 9.84 Å². The number of halogens is 1. The van der Waals surface area contributed by atoms with Crippen LogP contribution < -0.4 is 5.32 Å². The maximum Gasteiger partial charge on any atom is 0.150 e. The molecule has 0 aliphatic heterocycles. The smallest absolute Gasteiger partial charge is 0.150 e. The van der Waals surface area contributed by atoms with Gasteiger partial charge in [0.1, 0.15) is 9.84 Å². The third kappa shape index (κ3) is 5.94. The van der Waals surface area contributed by atoms with E-state index in [9.17, 15) is 8.42 Å². The summed E-state index contributed by atoms with van der Waals surface area (Å²) in [5, 5.41) is 3.44. The van der Waals surface area contributed by atoms with E-state index in [2.05, 4.69) is 53.3 Å². The summed E-state index contributed by atoms with van der Waals surface area (Å²) in [6, 6.07) is 6.55. The van der Waals surface area contributed by atoms with E-state index < -0.39 is 9.84 Å². The van der Waals surface area contributed by atoms with Crippen molar-refractivity contribution in [2.24, 2.45) is 0 Å². The van der Waals surface area contributed by atoms with Crippen LogP contribution in [0.25, 0.3) is 0 Å². The van der Waals surface area contributed by atoms with Gasteiger partial charge in [-0.25, -0.2) is 8.42 Å². The van der Waals surface area contributed by atoms with E-state index in [-0.39, 0.29) is 17.5 Å². The van der Waals surface area contributed by atoms with Crippen molar-refractivity contribution in [3.05, 3.63) is 33.8 Å². The van der Waals surface area contributed by atoms with Crippen LogP contribution in [-0.4, -0.2) is 26.5 Å². The van der Waals surface area contributed by atoms with E-state index >= 15 is 0 Å². The van der Waals surface area contributed by atoms with E-state index in [1.165, 1.54) is 11.1 Å². The number of rotatable bonds is 8. The molecule has 0 aliphatic carbocycles. The highest BCUT2D eigenvalue weighted by molar-refractivity contribution is 9.10. The molecule has 0 radical (unpaired) electrons. The quantitative estimate of drug-likeness (QED) is 0.768. The average Bonchev–Trinajstić information content (AvgIpc) is 2.36. The van der Waals surface area contributed by atoms with Crippen LogP contribution in [0.3, 0.4) is 0 Å². The summed E-state index contributed by atoms with van der Waals surface area (Å²) in [7, 11) is -2.87. The largest absolute Gasteiger partial charge is 0.310 e. The molecule has 20 heavy (non-hydrogen) atoms. The van der Waals surface area contributed by atoms with E-state index in [0.717, 1.165) is 17.4 Å². The highest BCUT2D eigenvalue weighted by Gasteiger charge is 2.14. The summed E-state index contributed by atoms with van der Waals surface area (Å²) >= 11 is 3.52. The Morgan fingerprint density at radius 2 is 1.95 bits per heavy atom. The lowest BCUT2D eigenvalue weighted by molar-refractivity contribution is 0.506. The zero-order valence-corrected chi connectivity index (χ0v) is 14.9. The van der Waals surface area contributed by atoms with Crippen LogP contribution in [0.4, 0.5) is 0 Å². The Morgan fingerprint density at radius 1 is 1.25 bits per heavy atom. The lowest BCUT2D eigenvalue weighted by Crippen LogP contribution is -2.22. The second-order valence-corrected chi connectivity index (χ2v) is 8.44. The molecule has 0 saturated carbocycles. The predicted octanol–water partition coefficient (Wildman–Crippen LogP) is 3.62. The second kappa shape index (κ2) is 8.15. The number of nitrogens with one attached hydrogen (secondary N) is 1. The van der Waals surface area contributed by atoms with Gasteiger partial charge in [0.2, 0.25) is 0 Å². The van der Waals surface area contributed by atoms with Gasteiger partial charge < -0.3 is 5.32 Å². The fourth-order valence-corrected chi connectivity index (χ4v) is 3.77. The second-order valence-electron chi connectivity index (χ2n) is 5.05. The normalized spacial score (nSPS) is 13.4. The zero-order valence-electron chi connectivity index (χ0n) is 12.4. The van der Waals surface area contributed by atoms with Gasteiger partial charge in [0.15, 0.2) is 0 Å². The van der Waals surface area contributed by atoms with Crippen molar-refractivity contribution in [3.8, 4) is 0 Å². The number of sulfone groups is 1. The summed E-state index contributed by atoms with van der Waals surface area (Å²) in [5.41, 5.74) is 2.42. The molecule has 0 bridgehead atoms. The molecule has 1 aromatic carbocycles. The average molecular weight is 362 g/mol. The van der Waals surface area contributed by atoms with Crippen LogP contribution in [0.1, 0.15) is 43.9 Å². The van der Waals surface area contributed by atoms with Crippen molar-refractivity contribution in [2.75, 3.05) is 18.1 Å². The molecule has 1 aromatic rings. The molecule has 0 fully saturated rings. The van der Waals surface area contributed by atoms with Gasteiger partial charge in [0.05, 0.1) is 5.75 Å². The number of aryl methyl sites for hydroxylation is 1. The third-order valence-corrected chi connectivity index (χ3v) is 5.55. The maximum atomic E-state index is 11.6. The molecule has 0 aromatic heterocycles. The van der Waals surface area contributed by atoms with Crippen LogP contribution in [0.5, 0.6) is 0 Å². The summed E-state index contributed by atoms with van der Waals surface area (Å²) in [6.45, 7) is 6.71. The van der Waals surface area contributed by atoms with Crippen molar-refractivity contribution in [2.45, 2.75) is 39.7 Å². The first-order valence-electron chi connectivity index (χ1n) is 7.09. The minimum Gasteiger partial charge on any atom is -0.310 e. The lowest BCUT2D eigenvalue weighted by Gasteiger charge is -2.19. The predicted molar refractivity (Wildman–Crippen MR) is 88.9 cm³/mol. The molecule has 1 N–H and O–H groups in total. The fraction of sp³-hybridized carbons (Fsp3) is 0.600. The molecule has 0 saturated heterocycles. The topological polar surface area (TPSA) is 46.2 Å². The molecule has 5 heteroatoms. The van der Waals surface area contributed by atoms with Crippen LogP contribution >= 0.6 is 15.9 Å². The standard InChI is InChI=1S/C15H24BrNO2S/c1-4-17-15(7-6-8-20(18,19)5-2)13-9-12(3)10-14(16)11-13/h9-11,15,17H,4-8H2,1-3H3. The van der Waals surface area contributed by atoms with Gasteiger partial charge in [-0.15, -0.1) is 0 Å². The minimum absolute atomic E-state index is 0.211. The van der Waals surface area contributed by atoms with Gasteiger partial charge in [-0.2, -0.15) is 0 Å². The van der Waals surface area contributed by atoms with Crippen LogP contribution in [0, 0.1) is 6.92 Å². The van der Waals surface area contributed by atoms with Crippen molar-refractivity contribution < 1.29 is 8.42 Å². The van der Waals surface area contributed by atoms with E-state index in [4.69, 9.17) is 0 Å². The number of hydrogen-bond acceptors (Lipinski definition) is 3. The van der Waals surface area contributed by atoms with Crippen LogP contribution in [0.15, 0.2) is 22.7 Å². The Morgan fingerprint density at radius 3 is 2.50 bits per heavy atom. The molecule has 0 heterocycles. The first-order chi connectivity index (χ1) is 9.38. The molecule has 3 nitrogen and oxygen atoms in total. The molecule has 0 aliphatic rings. The monoisotopic (exact) mass is 361 g/mol. The molecule has 0 spiro atoms.